The molecule has 0 aromatic carbocycles. The average molecular weight is 591 g/mol. The summed E-state index contributed by atoms with van der Waals surface area (Å²) in [5, 5.41) is 31.7. The number of carboxylic acid groups (broad SMARTS) is 3. The van der Waals surface area contributed by atoms with Gasteiger partial charge in [0, 0.05) is 0 Å². The van der Waals surface area contributed by atoms with E-state index in [0.29, 0.717) is 42.6 Å². The van der Waals surface area contributed by atoms with Crippen LogP contribution in [0.5, 0.6) is 0 Å². The van der Waals surface area contributed by atoms with Crippen molar-refractivity contribution in [2.75, 3.05) is 0 Å². The first kappa shape index (κ1) is 37.9. The zero-order valence-corrected chi connectivity index (χ0v) is 27.7. The van der Waals surface area contributed by atoms with E-state index in [0.717, 1.165) is 83.5 Å². The van der Waals surface area contributed by atoms with Crippen molar-refractivity contribution in [1.82, 2.24) is 0 Å². The van der Waals surface area contributed by atoms with Crippen molar-refractivity contribution >= 4 is 17.9 Å². The van der Waals surface area contributed by atoms with Crippen LogP contribution in [0.2, 0.25) is 0 Å². The van der Waals surface area contributed by atoms with Gasteiger partial charge < -0.3 is 15.3 Å². The lowest BCUT2D eigenvalue weighted by molar-refractivity contribution is -0.167. The molecule has 0 aliphatic heterocycles. The molecule has 0 amide bonds. The van der Waals surface area contributed by atoms with Gasteiger partial charge in [-0.1, -0.05) is 144 Å². The standard InChI is InChI=1S/C36H62O6/c1-27(2)19-13-7-8-16-22-30-25-35(33(39)40,23-17-11-9-14-20-28(3)4)36(34(41)42,26-31(30)32(37)38)24-18-12-10-15-21-29(5)6/h25-29H,7-24H2,1-6H3,(H,37,38)(H,39,40)(H,41,42). The molecule has 0 bridgehead atoms. The van der Waals surface area contributed by atoms with E-state index in [2.05, 4.69) is 41.5 Å². The van der Waals surface area contributed by atoms with Crippen molar-refractivity contribution in [2.24, 2.45) is 28.6 Å². The summed E-state index contributed by atoms with van der Waals surface area (Å²) < 4.78 is 0. The van der Waals surface area contributed by atoms with Gasteiger partial charge in [-0.15, -0.1) is 0 Å². The first-order valence-corrected chi connectivity index (χ1v) is 16.9. The Morgan fingerprint density at radius 1 is 0.548 bits per heavy atom. The van der Waals surface area contributed by atoms with E-state index < -0.39 is 28.7 Å². The molecule has 0 fully saturated rings. The van der Waals surface area contributed by atoms with Gasteiger partial charge in [0.1, 0.15) is 10.8 Å². The van der Waals surface area contributed by atoms with Crippen LogP contribution in [0, 0.1) is 28.6 Å². The number of rotatable bonds is 24. The quantitative estimate of drug-likeness (QED) is 0.0964. The fraction of sp³-hybridized carbons (Fsp3) is 0.806. The Bertz CT molecular complexity index is 899. The third-order valence-corrected chi connectivity index (χ3v) is 9.13. The predicted octanol–water partition coefficient (Wildman–Crippen LogP) is 10.1. The number of hydrogen-bond donors (Lipinski definition) is 3. The lowest BCUT2D eigenvalue weighted by atomic mass is 9.54. The summed E-state index contributed by atoms with van der Waals surface area (Å²) in [6, 6.07) is 0. The Labute approximate surface area is 256 Å². The van der Waals surface area contributed by atoms with Gasteiger partial charge in [0.2, 0.25) is 0 Å². The van der Waals surface area contributed by atoms with Crippen molar-refractivity contribution in [2.45, 2.75) is 157 Å². The normalized spacial score (nSPS) is 20.7. The summed E-state index contributed by atoms with van der Waals surface area (Å²) in [7, 11) is 0. The van der Waals surface area contributed by atoms with Crippen LogP contribution in [0.15, 0.2) is 23.3 Å². The highest BCUT2D eigenvalue weighted by Crippen LogP contribution is 2.55. The van der Waals surface area contributed by atoms with E-state index in [1.54, 1.807) is 6.08 Å². The van der Waals surface area contributed by atoms with Crippen LogP contribution in [-0.2, 0) is 14.4 Å². The second-order valence-electron chi connectivity index (χ2n) is 14.1. The first-order valence-electron chi connectivity index (χ1n) is 16.9. The van der Waals surface area contributed by atoms with E-state index in [9.17, 15) is 29.7 Å². The van der Waals surface area contributed by atoms with Crippen molar-refractivity contribution in [3.63, 3.8) is 0 Å². The predicted molar refractivity (Wildman–Crippen MR) is 172 cm³/mol. The van der Waals surface area contributed by atoms with Gasteiger partial charge in [-0.05, 0) is 49.0 Å². The van der Waals surface area contributed by atoms with E-state index >= 15 is 0 Å². The highest BCUT2D eigenvalue weighted by Gasteiger charge is 2.60. The van der Waals surface area contributed by atoms with Crippen LogP contribution >= 0.6 is 0 Å². The van der Waals surface area contributed by atoms with E-state index in [4.69, 9.17) is 0 Å². The van der Waals surface area contributed by atoms with E-state index in [-0.39, 0.29) is 18.4 Å². The van der Waals surface area contributed by atoms with Crippen LogP contribution in [-0.4, -0.2) is 33.2 Å². The highest BCUT2D eigenvalue weighted by atomic mass is 16.4. The maximum Gasteiger partial charge on any atom is 0.335 e. The molecule has 0 spiro atoms. The summed E-state index contributed by atoms with van der Waals surface area (Å²) in [5.41, 5.74) is -2.99. The fourth-order valence-electron chi connectivity index (χ4n) is 6.53. The summed E-state index contributed by atoms with van der Waals surface area (Å²) in [5.74, 6) is -1.68. The van der Waals surface area contributed by atoms with Gasteiger partial charge >= 0.3 is 17.9 Å². The molecule has 2 atom stereocenters. The van der Waals surface area contributed by atoms with E-state index in [1.165, 1.54) is 6.08 Å². The SMILES string of the molecule is CC(C)CCCCCCC1=CC(CCCCCCC(C)C)(C(=O)O)C(CCCCCCC(C)C)(C(=O)O)C=C1C(=O)O. The first-order chi connectivity index (χ1) is 19.8. The zero-order chi connectivity index (χ0) is 31.8. The largest absolute Gasteiger partial charge is 0.481 e. The molecule has 1 rings (SSSR count). The second-order valence-corrected chi connectivity index (χ2v) is 14.1. The third kappa shape index (κ3) is 11.9. The molecule has 0 aromatic rings. The van der Waals surface area contributed by atoms with Crippen molar-refractivity contribution in [3.05, 3.63) is 23.3 Å². The van der Waals surface area contributed by atoms with Gasteiger partial charge in [0.05, 0.1) is 5.57 Å². The smallest absolute Gasteiger partial charge is 0.335 e. The lowest BCUT2D eigenvalue weighted by Crippen LogP contribution is -2.52. The third-order valence-electron chi connectivity index (χ3n) is 9.13. The number of aliphatic carboxylic acids is 3. The van der Waals surface area contributed by atoms with Gasteiger partial charge in [0.15, 0.2) is 0 Å². The van der Waals surface area contributed by atoms with Crippen molar-refractivity contribution in [3.8, 4) is 0 Å². The summed E-state index contributed by atoms with van der Waals surface area (Å²) in [4.78, 5) is 38.9. The molecular weight excluding hydrogens is 528 g/mol. The van der Waals surface area contributed by atoms with Crippen molar-refractivity contribution in [1.29, 1.82) is 0 Å². The zero-order valence-electron chi connectivity index (χ0n) is 27.7. The van der Waals surface area contributed by atoms with Crippen LogP contribution in [0.25, 0.3) is 0 Å². The van der Waals surface area contributed by atoms with Gasteiger partial charge in [-0.3, -0.25) is 9.59 Å². The molecule has 0 saturated carbocycles. The molecule has 242 valence electrons. The molecule has 42 heavy (non-hydrogen) atoms. The monoisotopic (exact) mass is 590 g/mol. The Morgan fingerprint density at radius 2 is 0.905 bits per heavy atom. The molecule has 0 saturated heterocycles. The molecule has 0 heterocycles. The molecule has 6 nitrogen and oxygen atoms in total. The molecule has 1 aliphatic carbocycles. The summed E-state index contributed by atoms with van der Waals surface area (Å²) >= 11 is 0. The molecule has 3 N–H and O–H groups in total. The van der Waals surface area contributed by atoms with Gasteiger partial charge in [-0.25, -0.2) is 4.79 Å². The summed E-state index contributed by atoms with van der Waals surface area (Å²) in [6.45, 7) is 13.1. The minimum absolute atomic E-state index is 0.0202. The maximum atomic E-state index is 13.2. The fourth-order valence-corrected chi connectivity index (χ4v) is 6.53. The summed E-state index contributed by atoms with van der Waals surface area (Å²) in [6.07, 6.45) is 17.8. The number of unbranched alkanes of at least 4 members (excludes halogenated alkanes) is 9. The van der Waals surface area contributed by atoms with Crippen LogP contribution in [0.4, 0.5) is 0 Å². The Hall–Kier alpha value is -2.11. The van der Waals surface area contributed by atoms with Crippen LogP contribution in [0.3, 0.4) is 0 Å². The number of carbonyl (C=O) groups is 3. The topological polar surface area (TPSA) is 112 Å². The van der Waals surface area contributed by atoms with Crippen molar-refractivity contribution < 1.29 is 29.7 Å². The molecule has 2 unspecified atom stereocenters. The van der Waals surface area contributed by atoms with Crippen LogP contribution < -0.4 is 0 Å². The lowest BCUT2D eigenvalue weighted by Gasteiger charge is -2.45. The van der Waals surface area contributed by atoms with Crippen LogP contribution in [0.1, 0.15) is 157 Å². The minimum atomic E-state index is -1.79. The number of carboxylic acids is 3. The second kappa shape index (κ2) is 19.2. The average Bonchev–Trinajstić information content (AvgIpc) is 2.89. The Kier molecular flexibility index (Phi) is 17.4. The molecule has 0 radical (unpaired) electrons. The maximum absolute atomic E-state index is 13.2. The van der Waals surface area contributed by atoms with E-state index in [1.807, 2.05) is 0 Å². The molecular formula is C36H62O6. The minimum Gasteiger partial charge on any atom is -0.481 e. The van der Waals surface area contributed by atoms with Gasteiger partial charge in [-0.2, -0.15) is 0 Å². The Morgan fingerprint density at radius 3 is 1.26 bits per heavy atom. The Balaban J connectivity index is 3.33. The van der Waals surface area contributed by atoms with Gasteiger partial charge in [0.25, 0.3) is 0 Å². The molecule has 1 aliphatic rings. The molecule has 6 heteroatoms. The molecule has 0 aromatic heterocycles. The highest BCUT2D eigenvalue weighted by molar-refractivity contribution is 5.98. The number of hydrogen-bond acceptors (Lipinski definition) is 3.